The first-order chi connectivity index (χ1) is 13.7. The van der Waals surface area contributed by atoms with Gasteiger partial charge in [-0.3, -0.25) is 0 Å². The van der Waals surface area contributed by atoms with Crippen LogP contribution in [0.25, 0.3) is 0 Å². The van der Waals surface area contributed by atoms with Crippen molar-refractivity contribution < 1.29 is 5.11 Å². The van der Waals surface area contributed by atoms with Gasteiger partial charge in [-0.1, -0.05) is 90.4 Å². The molecule has 1 rings (SSSR count). The molecule has 3 atom stereocenters. The number of thioether (sulfide) groups is 1. The summed E-state index contributed by atoms with van der Waals surface area (Å²) in [6.07, 6.45) is 23.1. The van der Waals surface area contributed by atoms with E-state index in [1.165, 1.54) is 89.9 Å². The fourth-order valence-corrected chi connectivity index (χ4v) is 6.73. The zero-order chi connectivity index (χ0) is 21.6. The highest BCUT2D eigenvalue weighted by molar-refractivity contribution is 8.01. The van der Waals surface area contributed by atoms with Crippen LogP contribution in [0.1, 0.15) is 143 Å². The van der Waals surface area contributed by atoms with Crippen molar-refractivity contribution in [3.05, 3.63) is 0 Å². The molecule has 0 saturated heterocycles. The molecule has 0 heterocycles. The Kier molecular flexibility index (Phi) is 14.0. The lowest BCUT2D eigenvalue weighted by Crippen LogP contribution is -2.43. The number of rotatable bonds is 2. The maximum atomic E-state index is 10.8. The minimum Gasteiger partial charge on any atom is -0.390 e. The van der Waals surface area contributed by atoms with Gasteiger partial charge in [0.15, 0.2) is 0 Å². The van der Waals surface area contributed by atoms with E-state index in [9.17, 15) is 5.11 Å². The minimum absolute atomic E-state index is 0.0164. The molecule has 0 spiro atoms. The zero-order valence-corrected chi connectivity index (χ0v) is 21.9. The molecular weight excluding hydrogens is 392 g/mol. The molecule has 3 heteroatoms. The minimum atomic E-state index is -0.503. The molecule has 1 nitrogen and oxygen atoms in total. The standard InChI is InChI=1S/C26H52OS2/c1-5-29-26(4)23-18-16-14-12-10-8-6-7-9-11-13-15-17-20-24(2,27)21-19-22-25(26,3)28/h27-28H,5-23H2,1-4H3. The molecule has 0 radical (unpaired) electrons. The zero-order valence-electron chi connectivity index (χ0n) is 20.2. The third-order valence-corrected chi connectivity index (χ3v) is 9.80. The lowest BCUT2D eigenvalue weighted by Gasteiger charge is -2.44. The van der Waals surface area contributed by atoms with Crippen molar-refractivity contribution >= 4 is 24.4 Å². The van der Waals surface area contributed by atoms with E-state index in [0.717, 1.165) is 31.4 Å². The van der Waals surface area contributed by atoms with Crippen LogP contribution in [0.4, 0.5) is 0 Å². The summed E-state index contributed by atoms with van der Waals surface area (Å²) in [7, 11) is 0. The van der Waals surface area contributed by atoms with Crippen LogP contribution in [-0.2, 0) is 0 Å². The molecule has 0 bridgehead atoms. The van der Waals surface area contributed by atoms with Crippen molar-refractivity contribution in [2.24, 2.45) is 0 Å². The molecule has 29 heavy (non-hydrogen) atoms. The van der Waals surface area contributed by atoms with Gasteiger partial charge in [0, 0.05) is 9.49 Å². The summed E-state index contributed by atoms with van der Waals surface area (Å²) in [6.45, 7) is 9.13. The molecule has 0 aromatic carbocycles. The summed E-state index contributed by atoms with van der Waals surface area (Å²) < 4.78 is 0.234. The summed E-state index contributed by atoms with van der Waals surface area (Å²) in [4.78, 5) is 0. The Hall–Kier alpha value is 0.660. The Bertz CT molecular complexity index is 408. The van der Waals surface area contributed by atoms with E-state index in [4.69, 9.17) is 12.6 Å². The largest absolute Gasteiger partial charge is 0.390 e. The first-order valence-electron chi connectivity index (χ1n) is 12.8. The lowest BCUT2D eigenvalue weighted by atomic mass is 9.83. The van der Waals surface area contributed by atoms with Crippen molar-refractivity contribution in [1.29, 1.82) is 0 Å². The molecule has 1 aliphatic rings. The Morgan fingerprint density at radius 3 is 1.45 bits per heavy atom. The van der Waals surface area contributed by atoms with E-state index in [1.54, 1.807) is 0 Å². The van der Waals surface area contributed by atoms with E-state index in [-0.39, 0.29) is 9.49 Å². The predicted molar refractivity (Wildman–Crippen MR) is 138 cm³/mol. The van der Waals surface area contributed by atoms with E-state index in [0.29, 0.717) is 0 Å². The Morgan fingerprint density at radius 2 is 1.00 bits per heavy atom. The highest BCUT2D eigenvalue weighted by Gasteiger charge is 2.41. The van der Waals surface area contributed by atoms with Crippen LogP contribution in [0.2, 0.25) is 0 Å². The van der Waals surface area contributed by atoms with Gasteiger partial charge in [0.2, 0.25) is 0 Å². The number of aliphatic hydroxyl groups is 1. The second kappa shape index (κ2) is 14.7. The van der Waals surface area contributed by atoms with Gasteiger partial charge in [0.1, 0.15) is 0 Å². The van der Waals surface area contributed by atoms with E-state index < -0.39 is 5.60 Å². The van der Waals surface area contributed by atoms with Crippen LogP contribution in [-0.4, -0.2) is 26.0 Å². The molecule has 1 fully saturated rings. The van der Waals surface area contributed by atoms with E-state index >= 15 is 0 Å². The molecule has 0 aliphatic heterocycles. The van der Waals surface area contributed by atoms with Crippen LogP contribution in [0.3, 0.4) is 0 Å². The van der Waals surface area contributed by atoms with Gasteiger partial charge in [0.05, 0.1) is 5.60 Å². The third kappa shape index (κ3) is 11.7. The quantitative estimate of drug-likeness (QED) is 0.414. The number of hydrogen-bond acceptors (Lipinski definition) is 3. The van der Waals surface area contributed by atoms with Crippen LogP contribution in [0.15, 0.2) is 0 Å². The average molecular weight is 445 g/mol. The molecular formula is C26H52OS2. The molecule has 3 unspecified atom stereocenters. The molecule has 0 aromatic rings. The van der Waals surface area contributed by atoms with Crippen LogP contribution < -0.4 is 0 Å². The lowest BCUT2D eigenvalue weighted by molar-refractivity contribution is 0.0359. The van der Waals surface area contributed by atoms with Gasteiger partial charge in [-0.05, 0) is 58.6 Å². The maximum absolute atomic E-state index is 10.8. The van der Waals surface area contributed by atoms with Crippen molar-refractivity contribution in [3.63, 3.8) is 0 Å². The van der Waals surface area contributed by atoms with Crippen molar-refractivity contribution in [2.75, 3.05) is 5.75 Å². The van der Waals surface area contributed by atoms with Gasteiger partial charge < -0.3 is 5.11 Å². The number of hydrogen-bond donors (Lipinski definition) is 2. The molecule has 174 valence electrons. The topological polar surface area (TPSA) is 20.2 Å². The summed E-state index contributed by atoms with van der Waals surface area (Å²) >= 11 is 7.31. The van der Waals surface area contributed by atoms with Gasteiger partial charge in [-0.15, -0.1) is 0 Å². The maximum Gasteiger partial charge on any atom is 0.0619 e. The average Bonchev–Trinajstić information content (AvgIpc) is 2.64. The summed E-state index contributed by atoms with van der Waals surface area (Å²) in [6, 6.07) is 0. The van der Waals surface area contributed by atoms with Crippen LogP contribution in [0.5, 0.6) is 0 Å². The van der Waals surface area contributed by atoms with Gasteiger partial charge in [-0.25, -0.2) is 0 Å². The molecule has 0 aromatic heterocycles. The fraction of sp³-hybridized carbons (Fsp3) is 1.00. The molecule has 1 N–H and O–H groups in total. The highest BCUT2D eigenvalue weighted by Crippen LogP contribution is 2.47. The first kappa shape index (κ1) is 27.7. The third-order valence-electron chi connectivity index (χ3n) is 7.35. The summed E-state index contributed by atoms with van der Waals surface area (Å²) in [5.41, 5.74) is -0.503. The van der Waals surface area contributed by atoms with E-state index in [1.807, 2.05) is 0 Å². The smallest absolute Gasteiger partial charge is 0.0619 e. The Morgan fingerprint density at radius 1 is 0.621 bits per heavy atom. The monoisotopic (exact) mass is 444 g/mol. The molecule has 1 saturated carbocycles. The Balaban J connectivity index is 2.64. The predicted octanol–water partition coefficient (Wildman–Crippen LogP) is 8.97. The van der Waals surface area contributed by atoms with Crippen LogP contribution >= 0.6 is 24.4 Å². The molecule has 0 amide bonds. The van der Waals surface area contributed by atoms with Gasteiger partial charge in [0.25, 0.3) is 0 Å². The SMILES string of the molecule is CCSC1(C)CCCCCCCCCCCCCCCC(C)(O)CCCC1(C)S. The molecule has 1 aliphatic carbocycles. The summed E-state index contributed by atoms with van der Waals surface area (Å²) in [5, 5.41) is 10.8. The fourth-order valence-electron chi connectivity index (χ4n) is 4.93. The first-order valence-corrected chi connectivity index (χ1v) is 14.2. The van der Waals surface area contributed by atoms with Crippen molar-refractivity contribution in [3.8, 4) is 0 Å². The van der Waals surface area contributed by atoms with E-state index in [2.05, 4.69) is 39.5 Å². The summed E-state index contributed by atoms with van der Waals surface area (Å²) in [5.74, 6) is 1.16. The second-order valence-electron chi connectivity index (χ2n) is 10.4. The van der Waals surface area contributed by atoms with Crippen LogP contribution in [0, 0.1) is 0 Å². The second-order valence-corrected chi connectivity index (χ2v) is 13.1. The normalized spacial score (nSPS) is 36.2. The van der Waals surface area contributed by atoms with Crippen molar-refractivity contribution in [2.45, 2.75) is 158 Å². The van der Waals surface area contributed by atoms with Gasteiger partial charge in [-0.2, -0.15) is 24.4 Å². The Labute approximate surface area is 193 Å². The number of thiol groups is 1. The van der Waals surface area contributed by atoms with Gasteiger partial charge >= 0.3 is 0 Å². The highest BCUT2D eigenvalue weighted by atomic mass is 32.2. The van der Waals surface area contributed by atoms with Crippen molar-refractivity contribution in [1.82, 2.24) is 0 Å².